The number of hydrogen-bond acceptors (Lipinski definition) is 5. The molecular formula is C20H16BrN3O4. The van der Waals surface area contributed by atoms with Crippen LogP contribution in [0.3, 0.4) is 0 Å². The van der Waals surface area contributed by atoms with Crippen LogP contribution in [0.25, 0.3) is 6.08 Å². The van der Waals surface area contributed by atoms with Crippen LogP contribution in [0.2, 0.25) is 0 Å². The van der Waals surface area contributed by atoms with Gasteiger partial charge in [-0.2, -0.15) is 5.10 Å². The van der Waals surface area contributed by atoms with Gasteiger partial charge >= 0.3 is 5.69 Å². The smallest absolute Gasteiger partial charge is 0.307 e. The monoisotopic (exact) mass is 441 g/mol. The van der Waals surface area contributed by atoms with Crippen molar-refractivity contribution in [1.29, 1.82) is 0 Å². The Morgan fingerprint density at radius 2 is 2.14 bits per heavy atom. The number of rotatable bonds is 7. The van der Waals surface area contributed by atoms with Gasteiger partial charge in [0.2, 0.25) is 0 Å². The van der Waals surface area contributed by atoms with Gasteiger partial charge in [-0.15, -0.1) is 0 Å². The molecule has 28 heavy (non-hydrogen) atoms. The van der Waals surface area contributed by atoms with Crippen molar-refractivity contribution in [3.05, 3.63) is 92.2 Å². The second-order valence-corrected chi connectivity index (χ2v) is 6.85. The van der Waals surface area contributed by atoms with Gasteiger partial charge in [0.25, 0.3) is 0 Å². The van der Waals surface area contributed by atoms with E-state index in [1.807, 2.05) is 18.2 Å². The number of aromatic nitrogens is 2. The summed E-state index contributed by atoms with van der Waals surface area (Å²) in [5.74, 6) is 0.523. The van der Waals surface area contributed by atoms with Crippen molar-refractivity contribution < 1.29 is 14.5 Å². The predicted molar refractivity (Wildman–Crippen MR) is 108 cm³/mol. The van der Waals surface area contributed by atoms with E-state index in [0.717, 1.165) is 15.6 Å². The Balaban J connectivity index is 1.81. The number of allylic oxidation sites excluding steroid dienone is 1. The lowest BCUT2D eigenvalue weighted by atomic mass is 10.1. The normalized spacial score (nSPS) is 10.9. The highest BCUT2D eigenvalue weighted by molar-refractivity contribution is 9.10. The summed E-state index contributed by atoms with van der Waals surface area (Å²) >= 11 is 3.35. The average Bonchev–Trinajstić information content (AvgIpc) is 3.15. The Hall–Kier alpha value is -3.26. The maximum absolute atomic E-state index is 12.3. The van der Waals surface area contributed by atoms with Crippen molar-refractivity contribution in [2.75, 3.05) is 7.11 Å². The lowest BCUT2D eigenvalue weighted by Crippen LogP contribution is -2.02. The molecule has 0 N–H and O–H groups in total. The van der Waals surface area contributed by atoms with Crippen molar-refractivity contribution in [1.82, 2.24) is 9.78 Å². The highest BCUT2D eigenvalue weighted by Crippen LogP contribution is 2.23. The molecule has 142 valence electrons. The van der Waals surface area contributed by atoms with Crippen LogP contribution in [0.4, 0.5) is 5.69 Å². The van der Waals surface area contributed by atoms with Crippen molar-refractivity contribution in [3.63, 3.8) is 0 Å². The minimum absolute atomic E-state index is 0.0744. The van der Waals surface area contributed by atoms with Crippen molar-refractivity contribution in [2.45, 2.75) is 6.54 Å². The van der Waals surface area contributed by atoms with Gasteiger partial charge in [0.1, 0.15) is 18.1 Å². The molecule has 0 spiro atoms. The van der Waals surface area contributed by atoms with Gasteiger partial charge in [0.05, 0.1) is 18.6 Å². The zero-order valence-corrected chi connectivity index (χ0v) is 16.5. The van der Waals surface area contributed by atoms with Gasteiger partial charge in [-0.3, -0.25) is 19.6 Å². The Bertz CT molecular complexity index is 1060. The van der Waals surface area contributed by atoms with Crippen LogP contribution in [0.1, 0.15) is 21.5 Å². The van der Waals surface area contributed by atoms with E-state index in [9.17, 15) is 14.9 Å². The molecule has 0 aliphatic heterocycles. The van der Waals surface area contributed by atoms with Gasteiger partial charge in [0, 0.05) is 15.6 Å². The number of methoxy groups -OCH3 is 1. The minimum atomic E-state index is -0.493. The number of nitro groups is 1. The number of ether oxygens (including phenoxy) is 1. The van der Waals surface area contributed by atoms with Crippen LogP contribution < -0.4 is 4.74 Å². The zero-order chi connectivity index (χ0) is 20.1. The van der Waals surface area contributed by atoms with Crippen LogP contribution in [0.5, 0.6) is 5.75 Å². The van der Waals surface area contributed by atoms with Gasteiger partial charge in [-0.1, -0.05) is 40.2 Å². The van der Waals surface area contributed by atoms with E-state index in [1.54, 1.807) is 37.5 Å². The highest BCUT2D eigenvalue weighted by atomic mass is 79.9. The molecule has 7 nitrogen and oxygen atoms in total. The largest absolute Gasteiger partial charge is 0.496 e. The average molecular weight is 442 g/mol. The van der Waals surface area contributed by atoms with Gasteiger partial charge < -0.3 is 4.74 Å². The molecule has 0 saturated carbocycles. The van der Waals surface area contributed by atoms with Crippen LogP contribution in [-0.4, -0.2) is 27.6 Å². The molecule has 3 aromatic rings. The molecule has 1 aromatic heterocycles. The lowest BCUT2D eigenvalue weighted by Gasteiger charge is -2.09. The zero-order valence-electron chi connectivity index (χ0n) is 14.9. The van der Waals surface area contributed by atoms with Gasteiger partial charge in [0.15, 0.2) is 5.78 Å². The molecule has 3 rings (SSSR count). The highest BCUT2D eigenvalue weighted by Gasteiger charge is 2.11. The van der Waals surface area contributed by atoms with E-state index in [2.05, 4.69) is 21.0 Å². The predicted octanol–water partition coefficient (Wildman–Crippen LogP) is 4.51. The Morgan fingerprint density at radius 3 is 2.82 bits per heavy atom. The number of halogens is 1. The number of carbonyl (C=O) groups is 1. The molecule has 0 bridgehead atoms. The Labute approximate surface area is 169 Å². The van der Waals surface area contributed by atoms with Crippen molar-refractivity contribution >= 4 is 33.5 Å². The van der Waals surface area contributed by atoms with Gasteiger partial charge in [-0.25, -0.2) is 0 Å². The molecule has 1 heterocycles. The Morgan fingerprint density at radius 1 is 1.32 bits per heavy atom. The van der Waals surface area contributed by atoms with E-state index >= 15 is 0 Å². The number of carbonyl (C=O) groups excluding carboxylic acids is 1. The summed E-state index contributed by atoms with van der Waals surface area (Å²) in [4.78, 5) is 22.6. The number of nitrogens with zero attached hydrogens (tertiary/aromatic N) is 3. The van der Waals surface area contributed by atoms with Gasteiger partial charge in [-0.05, 0) is 35.9 Å². The molecule has 0 amide bonds. The molecule has 2 aromatic carbocycles. The van der Waals surface area contributed by atoms with E-state index in [0.29, 0.717) is 17.9 Å². The molecule has 0 atom stereocenters. The van der Waals surface area contributed by atoms with E-state index < -0.39 is 4.92 Å². The fourth-order valence-electron chi connectivity index (χ4n) is 2.64. The first-order chi connectivity index (χ1) is 13.5. The van der Waals surface area contributed by atoms with Crippen molar-refractivity contribution in [3.8, 4) is 5.75 Å². The van der Waals surface area contributed by atoms with Crippen molar-refractivity contribution in [2.24, 2.45) is 0 Å². The summed E-state index contributed by atoms with van der Waals surface area (Å²) in [6.07, 6.45) is 5.79. The maximum Gasteiger partial charge on any atom is 0.307 e. The fraction of sp³-hybridized carbons (Fsp3) is 0.100. The second-order valence-electron chi connectivity index (χ2n) is 5.93. The molecule has 8 heteroatoms. The van der Waals surface area contributed by atoms with Crippen LogP contribution in [0.15, 0.2) is 65.4 Å². The Kier molecular flexibility index (Phi) is 6.00. The van der Waals surface area contributed by atoms with E-state index in [4.69, 9.17) is 4.74 Å². The van der Waals surface area contributed by atoms with Crippen LogP contribution in [0, 0.1) is 10.1 Å². The van der Waals surface area contributed by atoms with Crippen LogP contribution >= 0.6 is 15.9 Å². The molecule has 0 radical (unpaired) electrons. The molecule has 0 saturated heterocycles. The summed E-state index contributed by atoms with van der Waals surface area (Å²) in [5.41, 5.74) is 2.11. The lowest BCUT2D eigenvalue weighted by molar-refractivity contribution is -0.385. The number of ketones is 1. The first-order valence-corrected chi connectivity index (χ1v) is 9.07. The summed E-state index contributed by atoms with van der Waals surface area (Å²) < 4.78 is 7.67. The third-order valence-corrected chi connectivity index (χ3v) is 4.50. The van der Waals surface area contributed by atoms with Crippen LogP contribution in [-0.2, 0) is 6.54 Å². The molecule has 0 unspecified atom stereocenters. The first-order valence-electron chi connectivity index (χ1n) is 8.28. The molecule has 0 aliphatic rings. The number of benzene rings is 2. The van der Waals surface area contributed by atoms with E-state index in [1.165, 1.54) is 23.2 Å². The SMILES string of the molecule is COc1ccc(/C=C/C(=O)c2cccc(Br)c2)cc1Cn1cc([N+](=O)[O-])cn1. The third-order valence-electron chi connectivity index (χ3n) is 4.00. The summed E-state index contributed by atoms with van der Waals surface area (Å²) in [5, 5.41) is 14.8. The fourth-order valence-corrected chi connectivity index (χ4v) is 3.04. The van der Waals surface area contributed by atoms with E-state index in [-0.39, 0.29) is 11.5 Å². The third kappa shape index (κ3) is 4.72. The minimum Gasteiger partial charge on any atom is -0.496 e. The topological polar surface area (TPSA) is 87.3 Å². The first kappa shape index (κ1) is 19.5. The second kappa shape index (κ2) is 8.62. The summed E-state index contributed by atoms with van der Waals surface area (Å²) in [7, 11) is 1.55. The summed E-state index contributed by atoms with van der Waals surface area (Å²) in [6, 6.07) is 12.7. The molecular weight excluding hydrogens is 426 g/mol. The summed E-state index contributed by atoms with van der Waals surface area (Å²) in [6.45, 7) is 0.304. The number of hydrogen-bond donors (Lipinski definition) is 0. The molecule has 0 aliphatic carbocycles. The standard InChI is InChI=1S/C20H16BrN3O4/c1-28-20-8-6-14(5-7-19(25)15-3-2-4-17(21)10-15)9-16(20)12-23-13-18(11-22-23)24(26)27/h2-11,13H,12H2,1H3/b7-5+. The quantitative estimate of drug-likeness (QED) is 0.233. The maximum atomic E-state index is 12.3. The molecule has 0 fully saturated rings.